The van der Waals surface area contributed by atoms with E-state index in [4.69, 9.17) is 0 Å². The molecule has 2 heteroatoms. The first-order chi connectivity index (χ1) is 6.33. The molecule has 0 unspecified atom stereocenters. The van der Waals surface area contributed by atoms with Gasteiger partial charge in [-0.2, -0.15) is 0 Å². The van der Waals surface area contributed by atoms with Gasteiger partial charge in [0.25, 0.3) is 0 Å². The van der Waals surface area contributed by atoms with Crippen molar-refractivity contribution in [3.8, 4) is 0 Å². The highest BCUT2D eigenvalue weighted by molar-refractivity contribution is 5.75. The van der Waals surface area contributed by atoms with Gasteiger partial charge in [-0.25, -0.2) is 0 Å². The standard InChI is InChI=1S/C11H15NO/c1-2-11(13)12-9-10-7-5-3-4-6-8-10/h3,5-8H,2,4,9H2,1H3,(H,12,13). The molecule has 0 fully saturated rings. The monoisotopic (exact) mass is 177 g/mol. The number of hydrogen-bond acceptors (Lipinski definition) is 1. The van der Waals surface area contributed by atoms with E-state index in [-0.39, 0.29) is 5.91 Å². The van der Waals surface area contributed by atoms with Gasteiger partial charge in [0.1, 0.15) is 0 Å². The second-order valence-electron chi connectivity index (χ2n) is 2.94. The van der Waals surface area contributed by atoms with Crippen molar-refractivity contribution in [2.45, 2.75) is 19.8 Å². The van der Waals surface area contributed by atoms with Gasteiger partial charge < -0.3 is 5.32 Å². The fourth-order valence-electron chi connectivity index (χ4n) is 1.07. The summed E-state index contributed by atoms with van der Waals surface area (Å²) in [6.45, 7) is 2.49. The van der Waals surface area contributed by atoms with E-state index in [1.165, 1.54) is 0 Å². The first-order valence-electron chi connectivity index (χ1n) is 4.62. The summed E-state index contributed by atoms with van der Waals surface area (Å²) in [5, 5.41) is 2.84. The lowest BCUT2D eigenvalue weighted by molar-refractivity contribution is -0.120. The number of rotatable bonds is 3. The van der Waals surface area contributed by atoms with E-state index in [2.05, 4.69) is 23.5 Å². The average Bonchev–Trinajstić information content (AvgIpc) is 2.42. The van der Waals surface area contributed by atoms with Crippen LogP contribution in [0.4, 0.5) is 0 Å². The molecule has 0 aliphatic heterocycles. The fraction of sp³-hybridized carbons (Fsp3) is 0.364. The van der Waals surface area contributed by atoms with Gasteiger partial charge in [0.15, 0.2) is 0 Å². The zero-order valence-electron chi connectivity index (χ0n) is 7.92. The van der Waals surface area contributed by atoms with Crippen molar-refractivity contribution >= 4 is 5.91 Å². The Morgan fingerprint density at radius 3 is 3.15 bits per heavy atom. The number of carbonyl (C=O) groups is 1. The van der Waals surface area contributed by atoms with E-state index in [0.29, 0.717) is 13.0 Å². The molecule has 0 aromatic rings. The highest BCUT2D eigenvalue weighted by atomic mass is 16.1. The molecule has 1 aliphatic rings. The normalized spacial score (nSPS) is 15.0. The van der Waals surface area contributed by atoms with Crippen molar-refractivity contribution in [2.24, 2.45) is 0 Å². The van der Waals surface area contributed by atoms with Crippen molar-refractivity contribution in [1.29, 1.82) is 0 Å². The molecule has 0 heterocycles. The Labute approximate surface area is 79.0 Å². The summed E-state index contributed by atoms with van der Waals surface area (Å²) in [6, 6.07) is 0. The molecule has 0 atom stereocenters. The zero-order chi connectivity index (χ0) is 9.52. The summed E-state index contributed by atoms with van der Waals surface area (Å²) in [5.74, 6) is 0.0996. The summed E-state index contributed by atoms with van der Waals surface area (Å²) >= 11 is 0. The molecule has 0 saturated carbocycles. The third-order valence-electron chi connectivity index (χ3n) is 1.86. The van der Waals surface area contributed by atoms with E-state index in [1.807, 2.05) is 19.1 Å². The predicted octanol–water partition coefficient (Wildman–Crippen LogP) is 1.96. The molecule has 0 saturated heterocycles. The topological polar surface area (TPSA) is 29.1 Å². The number of carbonyl (C=O) groups excluding carboxylic acids is 1. The van der Waals surface area contributed by atoms with Crippen molar-refractivity contribution in [3.63, 3.8) is 0 Å². The van der Waals surface area contributed by atoms with Crippen LogP contribution in [0.25, 0.3) is 0 Å². The molecule has 0 aromatic carbocycles. The molecule has 0 spiro atoms. The van der Waals surface area contributed by atoms with Gasteiger partial charge in [-0.3, -0.25) is 4.79 Å². The summed E-state index contributed by atoms with van der Waals surface area (Å²) in [5.41, 5.74) is 1.15. The first kappa shape index (κ1) is 9.78. The molecule has 1 amide bonds. The van der Waals surface area contributed by atoms with Crippen LogP contribution in [0.3, 0.4) is 0 Å². The number of amides is 1. The smallest absolute Gasteiger partial charge is 0.219 e. The maximum atomic E-state index is 11.0. The van der Waals surface area contributed by atoms with Crippen LogP contribution in [0.5, 0.6) is 0 Å². The van der Waals surface area contributed by atoms with E-state index < -0.39 is 0 Å². The van der Waals surface area contributed by atoms with E-state index >= 15 is 0 Å². The maximum absolute atomic E-state index is 11.0. The number of hydrogen-bond donors (Lipinski definition) is 1. The average molecular weight is 177 g/mol. The lowest BCUT2D eigenvalue weighted by Crippen LogP contribution is -2.23. The van der Waals surface area contributed by atoms with Crippen molar-refractivity contribution in [3.05, 3.63) is 36.0 Å². The molecular formula is C11H15NO. The minimum atomic E-state index is 0.0996. The quantitative estimate of drug-likeness (QED) is 0.701. The predicted molar refractivity (Wildman–Crippen MR) is 54.3 cm³/mol. The molecular weight excluding hydrogens is 162 g/mol. The van der Waals surface area contributed by atoms with Crippen LogP contribution in [-0.4, -0.2) is 12.5 Å². The minimum Gasteiger partial charge on any atom is -0.352 e. The van der Waals surface area contributed by atoms with Gasteiger partial charge in [-0.05, 0) is 12.0 Å². The zero-order valence-corrected chi connectivity index (χ0v) is 7.92. The van der Waals surface area contributed by atoms with Crippen LogP contribution in [0.1, 0.15) is 19.8 Å². The van der Waals surface area contributed by atoms with Crippen molar-refractivity contribution in [2.75, 3.05) is 6.54 Å². The number of allylic oxidation sites excluding steroid dienone is 4. The first-order valence-corrected chi connectivity index (χ1v) is 4.62. The van der Waals surface area contributed by atoms with Gasteiger partial charge in [-0.15, -0.1) is 0 Å². The van der Waals surface area contributed by atoms with Gasteiger partial charge >= 0.3 is 0 Å². The van der Waals surface area contributed by atoms with E-state index in [9.17, 15) is 4.79 Å². The van der Waals surface area contributed by atoms with Crippen molar-refractivity contribution < 1.29 is 4.79 Å². The molecule has 0 aromatic heterocycles. The lowest BCUT2D eigenvalue weighted by Gasteiger charge is -2.02. The van der Waals surface area contributed by atoms with Gasteiger partial charge in [0, 0.05) is 13.0 Å². The summed E-state index contributed by atoms with van der Waals surface area (Å²) in [4.78, 5) is 11.0. The molecule has 13 heavy (non-hydrogen) atoms. The van der Waals surface area contributed by atoms with E-state index in [0.717, 1.165) is 12.0 Å². The lowest BCUT2D eigenvalue weighted by atomic mass is 10.2. The van der Waals surface area contributed by atoms with Crippen LogP contribution in [0.2, 0.25) is 0 Å². The highest BCUT2D eigenvalue weighted by Crippen LogP contribution is 2.02. The van der Waals surface area contributed by atoms with Gasteiger partial charge in [0.2, 0.25) is 5.91 Å². The van der Waals surface area contributed by atoms with Crippen LogP contribution >= 0.6 is 0 Å². The highest BCUT2D eigenvalue weighted by Gasteiger charge is 1.97. The van der Waals surface area contributed by atoms with Gasteiger partial charge in [0.05, 0.1) is 0 Å². The molecule has 1 N–H and O–H groups in total. The largest absolute Gasteiger partial charge is 0.352 e. The van der Waals surface area contributed by atoms with Crippen LogP contribution < -0.4 is 5.32 Å². The molecule has 0 radical (unpaired) electrons. The second kappa shape index (κ2) is 5.36. The Balaban J connectivity index is 2.40. The summed E-state index contributed by atoms with van der Waals surface area (Å²) in [6.07, 6.45) is 11.8. The third kappa shape index (κ3) is 3.74. The maximum Gasteiger partial charge on any atom is 0.219 e. The molecule has 1 aliphatic carbocycles. The Bertz CT molecular complexity index is 261. The summed E-state index contributed by atoms with van der Waals surface area (Å²) in [7, 11) is 0. The SMILES string of the molecule is CCC(=O)NCC1=CC=CCC=C1. The molecule has 2 nitrogen and oxygen atoms in total. The molecule has 0 bridgehead atoms. The minimum absolute atomic E-state index is 0.0996. The molecule has 1 rings (SSSR count). The Hall–Kier alpha value is -1.31. The Kier molecular flexibility index (Phi) is 4.03. The Morgan fingerprint density at radius 1 is 1.54 bits per heavy atom. The van der Waals surface area contributed by atoms with Crippen LogP contribution in [0.15, 0.2) is 36.0 Å². The Morgan fingerprint density at radius 2 is 2.38 bits per heavy atom. The van der Waals surface area contributed by atoms with Gasteiger partial charge in [-0.1, -0.05) is 37.3 Å². The number of nitrogens with one attached hydrogen (secondary N) is 1. The van der Waals surface area contributed by atoms with Crippen molar-refractivity contribution in [1.82, 2.24) is 5.32 Å². The van der Waals surface area contributed by atoms with E-state index in [1.54, 1.807) is 0 Å². The third-order valence-corrected chi connectivity index (χ3v) is 1.86. The second-order valence-corrected chi connectivity index (χ2v) is 2.94. The van der Waals surface area contributed by atoms with Crippen LogP contribution in [0, 0.1) is 0 Å². The summed E-state index contributed by atoms with van der Waals surface area (Å²) < 4.78 is 0. The van der Waals surface area contributed by atoms with Crippen LogP contribution in [-0.2, 0) is 4.79 Å². The fourth-order valence-corrected chi connectivity index (χ4v) is 1.07. The molecule has 70 valence electrons.